The number of aromatic nitrogens is 1. The van der Waals surface area contributed by atoms with Crippen LogP contribution >= 0.6 is 11.3 Å². The summed E-state index contributed by atoms with van der Waals surface area (Å²) in [6.07, 6.45) is 4.76. The van der Waals surface area contributed by atoms with Crippen molar-refractivity contribution in [2.45, 2.75) is 45.6 Å². The van der Waals surface area contributed by atoms with Gasteiger partial charge < -0.3 is 4.74 Å². The number of likely N-dealkylation sites (tertiary alicyclic amines) is 1. The van der Waals surface area contributed by atoms with Crippen LogP contribution in [0.15, 0.2) is 30.5 Å². The first-order valence-corrected chi connectivity index (χ1v) is 10.5. The third-order valence-electron chi connectivity index (χ3n) is 5.94. The first-order valence-electron chi connectivity index (χ1n) is 9.68. The van der Waals surface area contributed by atoms with E-state index in [1.807, 2.05) is 19.2 Å². The summed E-state index contributed by atoms with van der Waals surface area (Å²) >= 11 is 1.22. The van der Waals surface area contributed by atoms with Crippen molar-refractivity contribution < 1.29 is 9.13 Å². The number of rotatable bonds is 8. The Morgan fingerprint density at radius 2 is 2.18 bits per heavy atom. The largest absolute Gasteiger partial charge is 0.318 e. The highest BCUT2D eigenvalue weighted by molar-refractivity contribution is 7.10. The average molecular weight is 402 g/mol. The summed E-state index contributed by atoms with van der Waals surface area (Å²) in [5.41, 5.74) is 2.08. The molecule has 150 valence electrons. The van der Waals surface area contributed by atoms with Gasteiger partial charge in [0, 0.05) is 34.3 Å². The molecular formula is C22H28FN3OS. The Labute approximate surface area is 171 Å². The van der Waals surface area contributed by atoms with E-state index in [1.165, 1.54) is 23.0 Å². The first kappa shape index (κ1) is 20.9. The Morgan fingerprint density at radius 1 is 1.36 bits per heavy atom. The molecule has 1 unspecified atom stereocenters. The standard InChI is InChI=1S/C22H28FN3OS/c1-17-5-6-18(13-25-17)21(2,3)26-12-11-22(14-26,15-27-16-24-4)10-9-19-7-8-20(23)28-19/h5-8,13H,9-12,14-16H2,1-3H3. The van der Waals surface area contributed by atoms with E-state index in [9.17, 15) is 4.39 Å². The van der Waals surface area contributed by atoms with Crippen LogP contribution in [0.4, 0.5) is 4.39 Å². The van der Waals surface area contributed by atoms with Crippen LogP contribution in [0.2, 0.25) is 0 Å². The molecule has 0 bridgehead atoms. The Kier molecular flexibility index (Phi) is 6.49. The number of aryl methyl sites for hydroxylation is 2. The van der Waals surface area contributed by atoms with Crippen LogP contribution in [0.5, 0.6) is 0 Å². The minimum absolute atomic E-state index is 0.0133. The normalized spacial score (nSPS) is 20.4. The lowest BCUT2D eigenvalue weighted by Gasteiger charge is -2.38. The van der Waals surface area contributed by atoms with Gasteiger partial charge in [0.15, 0.2) is 5.13 Å². The van der Waals surface area contributed by atoms with Gasteiger partial charge in [-0.05, 0) is 70.3 Å². The Bertz CT molecular complexity index is 827. The topological polar surface area (TPSA) is 29.7 Å². The van der Waals surface area contributed by atoms with Gasteiger partial charge >= 0.3 is 6.73 Å². The van der Waals surface area contributed by atoms with Gasteiger partial charge in [0.05, 0.1) is 6.61 Å². The van der Waals surface area contributed by atoms with Gasteiger partial charge in [-0.25, -0.2) is 6.57 Å². The second-order valence-corrected chi connectivity index (χ2v) is 9.38. The molecule has 0 spiro atoms. The van der Waals surface area contributed by atoms with Gasteiger partial charge in [-0.3, -0.25) is 14.7 Å². The summed E-state index contributed by atoms with van der Waals surface area (Å²) in [5, 5.41) is -0.130. The van der Waals surface area contributed by atoms with Gasteiger partial charge in [-0.2, -0.15) is 4.39 Å². The Balaban J connectivity index is 1.73. The molecule has 3 heterocycles. The molecule has 1 aliphatic rings. The molecule has 0 amide bonds. The summed E-state index contributed by atoms with van der Waals surface area (Å²) in [6.45, 7) is 16.0. The van der Waals surface area contributed by atoms with Crippen LogP contribution in [-0.2, 0) is 16.7 Å². The molecule has 0 aliphatic carbocycles. The zero-order valence-corrected chi connectivity index (χ0v) is 17.7. The molecule has 2 aromatic rings. The predicted octanol–water partition coefficient (Wildman–Crippen LogP) is 5.04. The molecule has 0 radical (unpaired) electrons. The maximum atomic E-state index is 13.4. The molecule has 28 heavy (non-hydrogen) atoms. The van der Waals surface area contributed by atoms with Crippen molar-refractivity contribution in [3.05, 3.63) is 63.1 Å². The van der Waals surface area contributed by atoms with E-state index in [1.54, 1.807) is 0 Å². The summed E-state index contributed by atoms with van der Waals surface area (Å²) in [6, 6.07) is 7.63. The maximum Gasteiger partial charge on any atom is 0.318 e. The third kappa shape index (κ3) is 4.78. The number of nitrogens with zero attached hydrogens (tertiary/aromatic N) is 3. The van der Waals surface area contributed by atoms with Crippen molar-refractivity contribution in [3.8, 4) is 0 Å². The monoisotopic (exact) mass is 401 g/mol. The van der Waals surface area contributed by atoms with E-state index in [2.05, 4.69) is 40.7 Å². The minimum atomic E-state index is -0.130. The lowest BCUT2D eigenvalue weighted by molar-refractivity contribution is 0.0446. The van der Waals surface area contributed by atoms with Gasteiger partial charge in [0.2, 0.25) is 0 Å². The highest BCUT2D eigenvalue weighted by Crippen LogP contribution is 2.42. The predicted molar refractivity (Wildman–Crippen MR) is 111 cm³/mol. The van der Waals surface area contributed by atoms with Crippen molar-refractivity contribution in [1.29, 1.82) is 0 Å². The molecule has 0 saturated carbocycles. The maximum absolute atomic E-state index is 13.4. The van der Waals surface area contributed by atoms with Crippen LogP contribution in [0.25, 0.3) is 4.85 Å². The molecule has 0 N–H and O–H groups in total. The van der Waals surface area contributed by atoms with E-state index in [-0.39, 0.29) is 22.8 Å². The molecule has 6 heteroatoms. The second-order valence-electron chi connectivity index (χ2n) is 8.26. The number of thiophene rings is 1. The van der Waals surface area contributed by atoms with Gasteiger partial charge in [0.1, 0.15) is 0 Å². The molecule has 4 nitrogen and oxygen atoms in total. The van der Waals surface area contributed by atoms with E-state index < -0.39 is 0 Å². The molecule has 0 aromatic carbocycles. The Morgan fingerprint density at radius 3 is 2.82 bits per heavy atom. The summed E-state index contributed by atoms with van der Waals surface area (Å²) in [5.74, 6) is 0. The lowest BCUT2D eigenvalue weighted by Crippen LogP contribution is -2.42. The quantitative estimate of drug-likeness (QED) is 0.458. The third-order valence-corrected chi connectivity index (χ3v) is 6.87. The highest BCUT2D eigenvalue weighted by Gasteiger charge is 2.43. The molecule has 1 fully saturated rings. The van der Waals surface area contributed by atoms with E-state index in [0.29, 0.717) is 6.61 Å². The number of pyridine rings is 1. The SMILES string of the molecule is [C-]#[N+]COCC1(CCc2ccc(F)s2)CCN(C(C)(C)c2ccc(C)nc2)C1. The van der Waals surface area contributed by atoms with E-state index in [0.717, 1.165) is 42.9 Å². The molecule has 1 saturated heterocycles. The van der Waals surface area contributed by atoms with Crippen LogP contribution in [0.1, 0.15) is 42.8 Å². The van der Waals surface area contributed by atoms with Crippen molar-refractivity contribution in [2.75, 3.05) is 26.4 Å². The smallest absolute Gasteiger partial charge is 0.312 e. The lowest BCUT2D eigenvalue weighted by atomic mass is 9.82. The van der Waals surface area contributed by atoms with Crippen molar-refractivity contribution in [3.63, 3.8) is 0 Å². The fourth-order valence-corrected chi connectivity index (χ4v) is 4.73. The average Bonchev–Trinajstić information content (AvgIpc) is 3.28. The fourth-order valence-electron chi connectivity index (χ4n) is 4.00. The van der Waals surface area contributed by atoms with Crippen molar-refractivity contribution in [1.82, 2.24) is 9.88 Å². The number of hydrogen-bond donors (Lipinski definition) is 0. The zero-order valence-electron chi connectivity index (χ0n) is 16.9. The number of hydrogen-bond acceptors (Lipinski definition) is 4. The summed E-state index contributed by atoms with van der Waals surface area (Å²) in [7, 11) is 0. The molecule has 3 rings (SSSR count). The van der Waals surface area contributed by atoms with Gasteiger partial charge in [-0.1, -0.05) is 6.07 Å². The van der Waals surface area contributed by atoms with Crippen molar-refractivity contribution >= 4 is 11.3 Å². The van der Waals surface area contributed by atoms with Crippen LogP contribution < -0.4 is 0 Å². The zero-order chi connectivity index (χ0) is 20.2. The first-order chi connectivity index (χ1) is 13.3. The minimum Gasteiger partial charge on any atom is -0.312 e. The second kappa shape index (κ2) is 8.69. The van der Waals surface area contributed by atoms with Crippen LogP contribution in [0.3, 0.4) is 0 Å². The summed E-state index contributed by atoms with van der Waals surface area (Å²) < 4.78 is 19.0. The highest BCUT2D eigenvalue weighted by atomic mass is 32.1. The molecule has 2 aromatic heterocycles. The van der Waals surface area contributed by atoms with Gasteiger partial charge in [-0.15, -0.1) is 11.3 Å². The van der Waals surface area contributed by atoms with Crippen molar-refractivity contribution in [2.24, 2.45) is 5.41 Å². The fraction of sp³-hybridized carbons (Fsp3) is 0.545. The van der Waals surface area contributed by atoms with Gasteiger partial charge in [0.25, 0.3) is 0 Å². The Hall–Kier alpha value is -1.81. The van der Waals surface area contributed by atoms with Crippen LogP contribution in [0, 0.1) is 24.0 Å². The summed E-state index contributed by atoms with van der Waals surface area (Å²) in [4.78, 5) is 11.4. The molecule has 1 aliphatic heterocycles. The molecular weight excluding hydrogens is 373 g/mol. The van der Waals surface area contributed by atoms with E-state index in [4.69, 9.17) is 11.3 Å². The van der Waals surface area contributed by atoms with E-state index >= 15 is 0 Å². The number of halogens is 1. The number of ether oxygens (including phenoxy) is 1. The van der Waals surface area contributed by atoms with Crippen LogP contribution in [-0.4, -0.2) is 36.3 Å². The molecule has 1 atom stereocenters.